The van der Waals surface area contributed by atoms with Gasteiger partial charge in [-0.3, -0.25) is 43.3 Å². The molecule has 1 heterocycles. The largest absolute Gasteiger partial charge is 0.352 e. The minimum absolute atomic E-state index is 0.0855. The Labute approximate surface area is 370 Å². The van der Waals surface area contributed by atoms with Gasteiger partial charge >= 0.3 is 0 Å². The molecule has 1 unspecified atom stereocenters. The predicted molar refractivity (Wildman–Crippen MR) is 236 cm³/mol. The number of likely N-dealkylation sites (N-methyl/N-ethyl adjacent to an activating group) is 1. The van der Waals surface area contributed by atoms with Gasteiger partial charge in [-0.1, -0.05) is 99.7 Å². The van der Waals surface area contributed by atoms with Crippen molar-refractivity contribution in [1.82, 2.24) is 30.8 Å². The zero-order valence-corrected chi connectivity index (χ0v) is 36.8. The summed E-state index contributed by atoms with van der Waals surface area (Å²) in [6, 6.07) is 15.9. The first-order valence-corrected chi connectivity index (χ1v) is 22.4. The number of carbonyl (C=O) groups is 8. The van der Waals surface area contributed by atoms with E-state index in [-0.39, 0.29) is 67.1 Å². The Morgan fingerprint density at radius 3 is 2.11 bits per heavy atom. The minimum atomic E-state index is -0.958. The molecule has 4 amide bonds. The zero-order chi connectivity index (χ0) is 45.3. The van der Waals surface area contributed by atoms with Gasteiger partial charge in [0.15, 0.2) is 11.6 Å². The lowest BCUT2D eigenvalue weighted by atomic mass is 9.79. The molecular formula is C49H62N6O8. The summed E-state index contributed by atoms with van der Waals surface area (Å²) in [4.78, 5) is 118. The molecule has 1 aromatic heterocycles. The Morgan fingerprint density at radius 2 is 1.46 bits per heavy atom. The highest BCUT2D eigenvalue weighted by atomic mass is 16.2. The van der Waals surface area contributed by atoms with Crippen LogP contribution in [0.15, 0.2) is 79.3 Å². The monoisotopic (exact) mass is 862 g/mol. The third kappa shape index (κ3) is 14.0. The summed E-state index contributed by atoms with van der Waals surface area (Å²) in [6.07, 6.45) is 10.6. The second kappa shape index (κ2) is 24.1. The van der Waals surface area contributed by atoms with Crippen LogP contribution < -0.4 is 16.0 Å². The molecule has 0 aliphatic heterocycles. The van der Waals surface area contributed by atoms with Gasteiger partial charge in [-0.15, -0.1) is 0 Å². The summed E-state index contributed by atoms with van der Waals surface area (Å²) in [5, 5.41) is 8.74. The lowest BCUT2D eigenvalue weighted by Crippen LogP contribution is -2.49. The Kier molecular flexibility index (Phi) is 18.4. The van der Waals surface area contributed by atoms with Crippen molar-refractivity contribution in [3.63, 3.8) is 0 Å². The fourth-order valence-electron chi connectivity index (χ4n) is 8.98. The van der Waals surface area contributed by atoms with Crippen molar-refractivity contribution in [3.05, 3.63) is 96.1 Å². The van der Waals surface area contributed by atoms with Gasteiger partial charge in [-0.2, -0.15) is 0 Å². The summed E-state index contributed by atoms with van der Waals surface area (Å²) < 4.78 is 0. The van der Waals surface area contributed by atoms with E-state index in [1.807, 2.05) is 37.3 Å². The molecule has 5 rings (SSSR count). The molecule has 14 heteroatoms. The molecule has 2 aliphatic carbocycles. The average molecular weight is 863 g/mol. The van der Waals surface area contributed by atoms with Crippen LogP contribution in [0.4, 0.5) is 0 Å². The van der Waals surface area contributed by atoms with Gasteiger partial charge < -0.3 is 20.9 Å². The maximum atomic E-state index is 14.3. The van der Waals surface area contributed by atoms with E-state index in [1.165, 1.54) is 23.5 Å². The van der Waals surface area contributed by atoms with Gasteiger partial charge in [-0.05, 0) is 55.6 Å². The van der Waals surface area contributed by atoms with Crippen molar-refractivity contribution < 1.29 is 38.4 Å². The van der Waals surface area contributed by atoms with Crippen LogP contribution in [-0.4, -0.2) is 87.8 Å². The predicted octanol–water partition coefficient (Wildman–Crippen LogP) is 5.50. The van der Waals surface area contributed by atoms with Gasteiger partial charge in [0, 0.05) is 76.0 Å². The number of ketones is 4. The molecule has 63 heavy (non-hydrogen) atoms. The summed E-state index contributed by atoms with van der Waals surface area (Å²) in [5.74, 6) is -6.02. The number of Topliss-reactive ketones (excluding diaryl/α,β-unsaturated/α-hetero) is 4. The van der Waals surface area contributed by atoms with Crippen LogP contribution in [0.2, 0.25) is 0 Å². The highest BCUT2D eigenvalue weighted by Gasteiger charge is 2.39. The van der Waals surface area contributed by atoms with Crippen molar-refractivity contribution in [2.24, 2.45) is 23.7 Å². The van der Waals surface area contributed by atoms with E-state index in [1.54, 1.807) is 44.4 Å². The van der Waals surface area contributed by atoms with Crippen molar-refractivity contribution in [2.75, 3.05) is 14.1 Å². The first kappa shape index (κ1) is 48.1. The zero-order valence-electron chi connectivity index (χ0n) is 36.8. The van der Waals surface area contributed by atoms with E-state index in [0.29, 0.717) is 37.7 Å². The molecule has 2 fully saturated rings. The Hall–Kier alpha value is -5.92. The number of hydrogen-bond acceptors (Lipinski definition) is 10. The molecule has 2 saturated carbocycles. The quantitative estimate of drug-likeness (QED) is 0.102. The van der Waals surface area contributed by atoms with Gasteiger partial charge in [0.05, 0.1) is 12.2 Å². The molecule has 0 saturated heterocycles. The SMILES string of the molecule is CCC[C@H](CC(=O)[C@@H]1CCC[C@@H]1NC(=O)C(CC(=O)[C@@H](NC(=O)c1cnccn1)C1CCCCC1)Cc1ccccc1)C(=O)C(=O)CCC(=O)N[C@H](C(=O)N(C)C)c1ccccc1. The maximum Gasteiger partial charge on any atom is 0.272 e. The Balaban J connectivity index is 1.23. The molecule has 0 bridgehead atoms. The fourth-order valence-corrected chi connectivity index (χ4v) is 8.98. The number of carbonyl (C=O) groups excluding carboxylic acids is 8. The molecular weight excluding hydrogens is 801 g/mol. The van der Waals surface area contributed by atoms with E-state index < -0.39 is 59.3 Å². The van der Waals surface area contributed by atoms with Crippen LogP contribution in [0.3, 0.4) is 0 Å². The number of hydrogen-bond donors (Lipinski definition) is 3. The average Bonchev–Trinajstić information content (AvgIpc) is 3.77. The lowest BCUT2D eigenvalue weighted by Gasteiger charge is -2.31. The number of aromatic nitrogens is 2. The van der Waals surface area contributed by atoms with Crippen molar-refractivity contribution >= 4 is 46.8 Å². The smallest absolute Gasteiger partial charge is 0.272 e. The van der Waals surface area contributed by atoms with Gasteiger partial charge in [0.1, 0.15) is 17.5 Å². The number of nitrogens with zero attached hydrogens (tertiary/aromatic N) is 3. The second-order valence-electron chi connectivity index (χ2n) is 17.2. The summed E-state index contributed by atoms with van der Waals surface area (Å²) >= 11 is 0. The van der Waals surface area contributed by atoms with Gasteiger partial charge in [0.25, 0.3) is 5.91 Å². The second-order valence-corrected chi connectivity index (χ2v) is 17.2. The third-order valence-corrected chi connectivity index (χ3v) is 12.4. The molecule has 0 radical (unpaired) electrons. The molecule has 2 aliphatic rings. The highest BCUT2D eigenvalue weighted by molar-refractivity contribution is 6.38. The first-order chi connectivity index (χ1) is 30.4. The van der Waals surface area contributed by atoms with Crippen molar-refractivity contribution in [3.8, 4) is 0 Å². The minimum Gasteiger partial charge on any atom is -0.352 e. The number of benzene rings is 2. The van der Waals surface area contributed by atoms with E-state index in [2.05, 4.69) is 25.9 Å². The first-order valence-electron chi connectivity index (χ1n) is 22.4. The number of amides is 4. The molecule has 6 atom stereocenters. The van der Waals surface area contributed by atoms with E-state index in [0.717, 1.165) is 37.7 Å². The van der Waals surface area contributed by atoms with Crippen LogP contribution in [0.5, 0.6) is 0 Å². The van der Waals surface area contributed by atoms with E-state index in [9.17, 15) is 38.4 Å². The maximum absolute atomic E-state index is 14.3. The fraction of sp³-hybridized carbons (Fsp3) is 0.510. The molecule has 336 valence electrons. The molecule has 3 N–H and O–H groups in total. The lowest BCUT2D eigenvalue weighted by molar-refractivity contribution is -0.141. The van der Waals surface area contributed by atoms with Crippen LogP contribution in [0.1, 0.15) is 124 Å². The topological polar surface area (TPSA) is 202 Å². The van der Waals surface area contributed by atoms with Crippen LogP contribution >= 0.6 is 0 Å². The number of rotatable bonds is 23. The van der Waals surface area contributed by atoms with Gasteiger partial charge in [0.2, 0.25) is 23.5 Å². The molecule has 2 aromatic carbocycles. The highest BCUT2D eigenvalue weighted by Crippen LogP contribution is 2.32. The standard InChI is InChI=1S/C49H62N6O8/c1-4-15-35(46(60)40(56)24-25-43(59)53-45(49(63)55(2)3)34-20-12-7-13-21-34)29-41(57)37-22-14-23-38(37)52-47(61)36(28-32-16-8-5-9-17-32)30-42(58)44(33-18-10-6-11-19-33)54-48(62)39-31-50-26-27-51-39/h5,7-9,12-13,16-17,20-21,26-27,31,33,35-38,44-45H,4,6,10-11,14-15,18-19,22-25,28-30H2,1-3H3,(H,52,61)(H,53,59)(H,54,62)/t35-,36?,37-,38+,44+,45+/m1/s1. The normalized spacial score (nSPS) is 18.2. The Morgan fingerprint density at radius 1 is 0.762 bits per heavy atom. The summed E-state index contributed by atoms with van der Waals surface area (Å²) in [6.45, 7) is 1.86. The van der Waals surface area contributed by atoms with E-state index >= 15 is 0 Å². The van der Waals surface area contributed by atoms with Crippen molar-refractivity contribution in [1.29, 1.82) is 0 Å². The molecule has 14 nitrogen and oxygen atoms in total. The summed E-state index contributed by atoms with van der Waals surface area (Å²) in [7, 11) is 3.16. The number of nitrogens with one attached hydrogen (secondary N) is 3. The van der Waals surface area contributed by atoms with Gasteiger partial charge in [-0.25, -0.2) is 4.98 Å². The van der Waals surface area contributed by atoms with Crippen molar-refractivity contribution in [2.45, 2.75) is 121 Å². The molecule has 3 aromatic rings. The van der Waals surface area contributed by atoms with Crippen LogP contribution in [-0.2, 0) is 40.0 Å². The van der Waals surface area contributed by atoms with E-state index in [4.69, 9.17) is 0 Å². The Bertz CT molecular complexity index is 2040. The molecule has 0 spiro atoms. The third-order valence-electron chi connectivity index (χ3n) is 12.4. The van der Waals surface area contributed by atoms with Crippen LogP contribution in [0.25, 0.3) is 0 Å². The summed E-state index contributed by atoms with van der Waals surface area (Å²) in [5.41, 5.74) is 1.55. The van der Waals surface area contributed by atoms with Crippen LogP contribution in [0, 0.1) is 23.7 Å².